The fourth-order valence-electron chi connectivity index (χ4n) is 2.66. The van der Waals surface area contributed by atoms with Gasteiger partial charge in [-0.15, -0.1) is 0 Å². The fourth-order valence-corrected chi connectivity index (χ4v) is 2.83. The van der Waals surface area contributed by atoms with E-state index < -0.39 is 6.10 Å². The Labute approximate surface area is 151 Å². The fraction of sp³-hybridized carbons (Fsp3) is 0.263. The Morgan fingerprint density at radius 1 is 1.16 bits per heavy atom. The first-order valence-electron chi connectivity index (χ1n) is 8.04. The molecule has 2 aromatic carbocycles. The van der Waals surface area contributed by atoms with Gasteiger partial charge in [-0.3, -0.25) is 0 Å². The molecule has 1 aromatic heterocycles. The molecular formula is C19H20ClN3O2. The van der Waals surface area contributed by atoms with Crippen LogP contribution in [0.4, 0.5) is 5.82 Å². The number of fused-ring (bicyclic) bond motifs is 1. The lowest BCUT2D eigenvalue weighted by atomic mass is 10.2. The molecule has 130 valence electrons. The van der Waals surface area contributed by atoms with E-state index in [-0.39, 0.29) is 6.61 Å². The molecular weight excluding hydrogens is 338 g/mol. The number of nitrogens with zero attached hydrogens (tertiary/aromatic N) is 3. The molecule has 0 fully saturated rings. The molecule has 0 amide bonds. The van der Waals surface area contributed by atoms with Gasteiger partial charge in [0.05, 0.1) is 24.8 Å². The van der Waals surface area contributed by atoms with Gasteiger partial charge >= 0.3 is 0 Å². The number of likely N-dealkylation sites (N-methyl/N-ethyl adjacent to an activating group) is 1. The zero-order valence-corrected chi connectivity index (χ0v) is 14.7. The molecule has 1 heterocycles. The average Bonchev–Trinajstić information content (AvgIpc) is 2.61. The summed E-state index contributed by atoms with van der Waals surface area (Å²) in [6, 6.07) is 15.4. The summed E-state index contributed by atoms with van der Waals surface area (Å²) < 4.78 is 5.59. The van der Waals surface area contributed by atoms with Crippen LogP contribution < -0.4 is 4.90 Å². The monoisotopic (exact) mass is 357 g/mol. The lowest BCUT2D eigenvalue weighted by Crippen LogP contribution is -2.32. The number of halogens is 1. The molecule has 0 radical (unpaired) electrons. The average molecular weight is 358 g/mol. The first-order chi connectivity index (χ1) is 12.1. The highest BCUT2D eigenvalue weighted by Crippen LogP contribution is 2.24. The topological polar surface area (TPSA) is 58.5 Å². The number of rotatable bonds is 7. The largest absolute Gasteiger partial charge is 0.389 e. The smallest absolute Gasteiger partial charge is 0.139 e. The highest BCUT2D eigenvalue weighted by Gasteiger charge is 2.13. The summed E-state index contributed by atoms with van der Waals surface area (Å²) in [7, 11) is 1.89. The predicted octanol–water partition coefficient (Wildman–Crippen LogP) is 3.30. The van der Waals surface area contributed by atoms with Gasteiger partial charge in [0.25, 0.3) is 0 Å². The standard InChI is InChI=1S/C19H20ClN3O2/c1-23(10-16(24)12-25-11-14-5-3-2-4-6-14)19-17-8-7-15(20)9-18(17)21-13-22-19/h2-9,13,16,24H,10-12H2,1H3. The highest BCUT2D eigenvalue weighted by molar-refractivity contribution is 6.31. The molecule has 25 heavy (non-hydrogen) atoms. The lowest BCUT2D eigenvalue weighted by molar-refractivity contribution is 0.0324. The number of hydrogen-bond acceptors (Lipinski definition) is 5. The number of benzene rings is 2. The number of aromatic nitrogens is 2. The number of anilines is 1. The van der Waals surface area contributed by atoms with Crippen molar-refractivity contribution in [2.24, 2.45) is 0 Å². The Morgan fingerprint density at radius 3 is 2.76 bits per heavy atom. The Balaban J connectivity index is 1.59. The van der Waals surface area contributed by atoms with E-state index in [1.807, 2.05) is 54.4 Å². The molecule has 0 saturated carbocycles. The van der Waals surface area contributed by atoms with Gasteiger partial charge in [-0.25, -0.2) is 9.97 Å². The van der Waals surface area contributed by atoms with Crippen LogP contribution in [-0.4, -0.2) is 41.4 Å². The van der Waals surface area contributed by atoms with E-state index in [1.165, 1.54) is 6.33 Å². The van der Waals surface area contributed by atoms with E-state index in [4.69, 9.17) is 16.3 Å². The first kappa shape index (κ1) is 17.6. The molecule has 3 rings (SSSR count). The predicted molar refractivity (Wildman–Crippen MR) is 99.9 cm³/mol. The summed E-state index contributed by atoms with van der Waals surface area (Å²) in [6.45, 7) is 1.15. The summed E-state index contributed by atoms with van der Waals surface area (Å²) in [5.41, 5.74) is 1.86. The van der Waals surface area contributed by atoms with Crippen molar-refractivity contribution in [1.29, 1.82) is 0 Å². The van der Waals surface area contributed by atoms with Crippen molar-refractivity contribution in [2.75, 3.05) is 25.1 Å². The molecule has 1 N–H and O–H groups in total. The van der Waals surface area contributed by atoms with Crippen molar-refractivity contribution in [3.63, 3.8) is 0 Å². The van der Waals surface area contributed by atoms with Crippen LogP contribution >= 0.6 is 11.6 Å². The van der Waals surface area contributed by atoms with Crippen molar-refractivity contribution in [3.8, 4) is 0 Å². The minimum atomic E-state index is -0.619. The third kappa shape index (κ3) is 4.66. The number of hydrogen-bond donors (Lipinski definition) is 1. The van der Waals surface area contributed by atoms with Crippen LogP contribution in [0.3, 0.4) is 0 Å². The second-order valence-electron chi connectivity index (χ2n) is 5.89. The summed E-state index contributed by atoms with van der Waals surface area (Å²) >= 11 is 6.01. The van der Waals surface area contributed by atoms with Crippen LogP contribution in [0.2, 0.25) is 5.02 Å². The maximum Gasteiger partial charge on any atom is 0.139 e. The molecule has 0 saturated heterocycles. The normalized spacial score (nSPS) is 12.3. The van der Waals surface area contributed by atoms with Gasteiger partial charge in [0, 0.05) is 24.0 Å². The minimum absolute atomic E-state index is 0.258. The summed E-state index contributed by atoms with van der Waals surface area (Å²) in [5.74, 6) is 0.753. The van der Waals surface area contributed by atoms with Gasteiger partial charge < -0.3 is 14.7 Å². The van der Waals surface area contributed by atoms with Crippen molar-refractivity contribution in [3.05, 3.63) is 65.4 Å². The zero-order chi connectivity index (χ0) is 17.6. The molecule has 0 aliphatic carbocycles. The molecule has 1 unspecified atom stereocenters. The molecule has 0 aliphatic rings. The number of ether oxygens (including phenoxy) is 1. The van der Waals surface area contributed by atoms with Crippen LogP contribution in [0.25, 0.3) is 10.9 Å². The summed E-state index contributed by atoms with van der Waals surface area (Å²) in [6.07, 6.45) is 0.883. The Kier molecular flexibility index (Phi) is 5.81. The van der Waals surface area contributed by atoms with E-state index in [1.54, 1.807) is 6.07 Å². The van der Waals surface area contributed by atoms with Gasteiger partial charge in [0.1, 0.15) is 12.1 Å². The van der Waals surface area contributed by atoms with Gasteiger partial charge in [-0.2, -0.15) is 0 Å². The molecule has 5 nitrogen and oxygen atoms in total. The van der Waals surface area contributed by atoms with Crippen molar-refractivity contribution in [2.45, 2.75) is 12.7 Å². The quantitative estimate of drug-likeness (QED) is 0.703. The first-order valence-corrected chi connectivity index (χ1v) is 8.42. The minimum Gasteiger partial charge on any atom is -0.389 e. The summed E-state index contributed by atoms with van der Waals surface area (Å²) in [4.78, 5) is 10.5. The van der Waals surface area contributed by atoms with Gasteiger partial charge in [-0.05, 0) is 23.8 Å². The van der Waals surface area contributed by atoms with E-state index in [2.05, 4.69) is 9.97 Å². The van der Waals surface area contributed by atoms with Gasteiger partial charge in [-0.1, -0.05) is 41.9 Å². The van der Waals surface area contributed by atoms with E-state index >= 15 is 0 Å². The van der Waals surface area contributed by atoms with Crippen LogP contribution in [0.1, 0.15) is 5.56 Å². The van der Waals surface area contributed by atoms with Crippen molar-refractivity contribution >= 4 is 28.3 Å². The van der Waals surface area contributed by atoms with E-state index in [9.17, 15) is 5.11 Å². The molecule has 1 atom stereocenters. The maximum atomic E-state index is 10.2. The number of aliphatic hydroxyl groups is 1. The molecule has 6 heteroatoms. The third-order valence-corrected chi connectivity index (χ3v) is 4.08. The molecule has 0 spiro atoms. The highest BCUT2D eigenvalue weighted by atomic mass is 35.5. The zero-order valence-electron chi connectivity index (χ0n) is 14.0. The molecule has 0 aliphatic heterocycles. The second kappa shape index (κ2) is 8.25. The Morgan fingerprint density at radius 2 is 1.96 bits per heavy atom. The van der Waals surface area contributed by atoms with Crippen LogP contribution in [0.5, 0.6) is 0 Å². The van der Waals surface area contributed by atoms with Crippen LogP contribution in [0, 0.1) is 0 Å². The lowest BCUT2D eigenvalue weighted by Gasteiger charge is -2.22. The second-order valence-corrected chi connectivity index (χ2v) is 6.33. The summed E-state index contributed by atoms with van der Waals surface area (Å²) in [5, 5.41) is 11.8. The van der Waals surface area contributed by atoms with Gasteiger partial charge in [0.15, 0.2) is 0 Å². The van der Waals surface area contributed by atoms with Crippen molar-refractivity contribution in [1.82, 2.24) is 9.97 Å². The van der Waals surface area contributed by atoms with E-state index in [0.29, 0.717) is 18.2 Å². The van der Waals surface area contributed by atoms with E-state index in [0.717, 1.165) is 22.3 Å². The maximum absolute atomic E-state index is 10.2. The third-order valence-electron chi connectivity index (χ3n) is 3.85. The number of aliphatic hydroxyl groups excluding tert-OH is 1. The molecule has 0 bridgehead atoms. The molecule has 3 aromatic rings. The Hall–Kier alpha value is -2.21. The van der Waals surface area contributed by atoms with Crippen LogP contribution in [-0.2, 0) is 11.3 Å². The Bertz CT molecular complexity index is 829. The SMILES string of the molecule is CN(CC(O)COCc1ccccc1)c1ncnc2cc(Cl)ccc12. The van der Waals surface area contributed by atoms with Gasteiger partial charge in [0.2, 0.25) is 0 Å². The van der Waals surface area contributed by atoms with Crippen LogP contribution in [0.15, 0.2) is 54.9 Å². The van der Waals surface area contributed by atoms with Crippen molar-refractivity contribution < 1.29 is 9.84 Å².